The first-order valence-corrected chi connectivity index (χ1v) is 12.0. The van der Waals surface area contributed by atoms with Gasteiger partial charge in [-0.05, 0) is 79.9 Å². The fourth-order valence-electron chi connectivity index (χ4n) is 6.31. The molecule has 172 valence electrons. The van der Waals surface area contributed by atoms with Crippen LogP contribution >= 0.6 is 11.6 Å². The van der Waals surface area contributed by atoms with Crippen molar-refractivity contribution in [2.24, 2.45) is 23.2 Å². The van der Waals surface area contributed by atoms with Crippen LogP contribution in [0, 0.1) is 23.2 Å². The number of aliphatic hydroxyl groups is 1. The normalized spacial score (nSPS) is 28.6. The van der Waals surface area contributed by atoms with Gasteiger partial charge in [0.05, 0.1) is 30.4 Å². The lowest BCUT2D eigenvalue weighted by Gasteiger charge is -2.56. The Kier molecular flexibility index (Phi) is 7.75. The average molecular weight is 451 g/mol. The molecule has 1 amide bonds. The summed E-state index contributed by atoms with van der Waals surface area (Å²) in [6, 6.07) is 5.22. The third-order valence-electron chi connectivity index (χ3n) is 7.18. The minimum Gasteiger partial charge on any atom is -0.491 e. The molecule has 4 saturated carbocycles. The van der Waals surface area contributed by atoms with E-state index < -0.39 is 0 Å². The van der Waals surface area contributed by atoms with Crippen molar-refractivity contribution in [2.75, 3.05) is 46.1 Å². The summed E-state index contributed by atoms with van der Waals surface area (Å²) >= 11 is 6.32. The van der Waals surface area contributed by atoms with Crippen LogP contribution in [0.2, 0.25) is 5.02 Å². The maximum atomic E-state index is 12.9. The number of hydrogen-bond donors (Lipinski definition) is 3. The van der Waals surface area contributed by atoms with Crippen LogP contribution in [0.15, 0.2) is 18.2 Å². The fourth-order valence-corrected chi connectivity index (χ4v) is 6.51. The van der Waals surface area contributed by atoms with Crippen LogP contribution in [0.25, 0.3) is 0 Å². The molecule has 4 aliphatic carbocycles. The Hall–Kier alpha value is -1.34. The summed E-state index contributed by atoms with van der Waals surface area (Å²) in [6.07, 6.45) is 8.02. The maximum Gasteiger partial charge on any atom is 0.252 e. The first-order chi connectivity index (χ1) is 15.1. The van der Waals surface area contributed by atoms with E-state index in [1.54, 1.807) is 18.2 Å². The van der Waals surface area contributed by atoms with Crippen LogP contribution in [0.5, 0.6) is 5.75 Å². The van der Waals surface area contributed by atoms with Crippen LogP contribution in [-0.4, -0.2) is 57.1 Å². The molecule has 0 spiro atoms. The van der Waals surface area contributed by atoms with Crippen molar-refractivity contribution < 1.29 is 19.4 Å². The van der Waals surface area contributed by atoms with E-state index in [2.05, 4.69) is 10.6 Å². The lowest BCUT2D eigenvalue weighted by Crippen LogP contribution is -2.51. The summed E-state index contributed by atoms with van der Waals surface area (Å²) < 4.78 is 11.2. The van der Waals surface area contributed by atoms with E-state index in [-0.39, 0.29) is 12.5 Å². The highest BCUT2D eigenvalue weighted by atomic mass is 35.5. The van der Waals surface area contributed by atoms with Gasteiger partial charge in [0.15, 0.2) is 0 Å². The third kappa shape index (κ3) is 5.92. The molecular weight excluding hydrogens is 416 g/mol. The van der Waals surface area contributed by atoms with Crippen molar-refractivity contribution in [1.82, 2.24) is 10.6 Å². The molecule has 0 aromatic heterocycles. The summed E-state index contributed by atoms with van der Waals surface area (Å²) in [5, 5.41) is 15.4. The largest absolute Gasteiger partial charge is 0.491 e. The summed E-state index contributed by atoms with van der Waals surface area (Å²) in [7, 11) is 0. The highest BCUT2D eigenvalue weighted by Crippen LogP contribution is 2.59. The zero-order chi connectivity index (χ0) is 21.7. The van der Waals surface area contributed by atoms with Crippen LogP contribution in [0.4, 0.5) is 0 Å². The molecule has 0 saturated heterocycles. The van der Waals surface area contributed by atoms with Crippen molar-refractivity contribution >= 4 is 17.5 Å². The average Bonchev–Trinajstić information content (AvgIpc) is 2.74. The number of nitrogens with one attached hydrogen (secondary N) is 2. The van der Waals surface area contributed by atoms with Gasteiger partial charge < -0.3 is 25.2 Å². The zero-order valence-electron chi connectivity index (χ0n) is 18.2. The van der Waals surface area contributed by atoms with Gasteiger partial charge in [-0.3, -0.25) is 4.79 Å². The summed E-state index contributed by atoms with van der Waals surface area (Å²) in [5.41, 5.74) is 0.770. The summed E-state index contributed by atoms with van der Waals surface area (Å²) in [5.74, 6) is 3.12. The number of ether oxygens (including phenoxy) is 2. The van der Waals surface area contributed by atoms with E-state index in [4.69, 9.17) is 26.2 Å². The topological polar surface area (TPSA) is 79.8 Å². The van der Waals surface area contributed by atoms with E-state index in [0.717, 1.165) is 24.3 Å². The molecule has 0 unspecified atom stereocenters. The lowest BCUT2D eigenvalue weighted by molar-refractivity contribution is -0.0503. The molecule has 3 N–H and O–H groups in total. The molecule has 4 bridgehead atoms. The number of rotatable bonds is 12. The predicted octanol–water partition coefficient (Wildman–Crippen LogP) is 3.26. The number of amides is 1. The number of carbonyl (C=O) groups excluding carboxylic acids is 1. The minimum absolute atomic E-state index is 0.114. The molecule has 1 aromatic rings. The Morgan fingerprint density at radius 1 is 1.06 bits per heavy atom. The van der Waals surface area contributed by atoms with Crippen LogP contribution in [0.3, 0.4) is 0 Å². The summed E-state index contributed by atoms with van der Waals surface area (Å²) in [4.78, 5) is 12.9. The van der Waals surface area contributed by atoms with Gasteiger partial charge in [0, 0.05) is 19.6 Å². The van der Waals surface area contributed by atoms with Gasteiger partial charge >= 0.3 is 0 Å². The highest BCUT2D eigenvalue weighted by molar-refractivity contribution is 6.33. The molecule has 0 heterocycles. The van der Waals surface area contributed by atoms with E-state index in [0.29, 0.717) is 54.7 Å². The number of benzene rings is 1. The molecule has 4 aliphatic rings. The van der Waals surface area contributed by atoms with E-state index >= 15 is 0 Å². The van der Waals surface area contributed by atoms with Gasteiger partial charge in [-0.1, -0.05) is 11.6 Å². The van der Waals surface area contributed by atoms with Gasteiger partial charge in [-0.2, -0.15) is 0 Å². The van der Waals surface area contributed by atoms with Crippen molar-refractivity contribution in [3.05, 3.63) is 28.8 Å². The monoisotopic (exact) mass is 450 g/mol. The van der Waals surface area contributed by atoms with E-state index in [1.165, 1.54) is 38.5 Å². The Bertz CT molecular complexity index is 722. The minimum atomic E-state index is -0.114. The molecule has 0 atom stereocenters. The zero-order valence-corrected chi connectivity index (χ0v) is 19.0. The van der Waals surface area contributed by atoms with Crippen molar-refractivity contribution in [3.8, 4) is 5.75 Å². The van der Waals surface area contributed by atoms with Gasteiger partial charge in [0.25, 0.3) is 5.91 Å². The van der Waals surface area contributed by atoms with E-state index in [9.17, 15) is 4.79 Å². The Balaban J connectivity index is 1.24. The van der Waals surface area contributed by atoms with Crippen LogP contribution < -0.4 is 15.4 Å². The van der Waals surface area contributed by atoms with E-state index in [1.807, 2.05) is 0 Å². The molecule has 31 heavy (non-hydrogen) atoms. The molecular formula is C24H35ClN2O4. The van der Waals surface area contributed by atoms with Gasteiger partial charge in [-0.15, -0.1) is 0 Å². The lowest BCUT2D eigenvalue weighted by atomic mass is 9.49. The Morgan fingerprint density at radius 3 is 2.45 bits per heavy atom. The quantitative estimate of drug-likeness (QED) is 0.426. The SMILES string of the molecule is O=C(NCC12CC3CC(CC(C3)C1)C2)c1cc(OCCOCCNCCO)ccc1Cl. The predicted molar refractivity (Wildman–Crippen MR) is 121 cm³/mol. The second kappa shape index (κ2) is 10.5. The number of carbonyl (C=O) groups is 1. The summed E-state index contributed by atoms with van der Waals surface area (Å²) in [6.45, 7) is 3.55. The van der Waals surface area contributed by atoms with Crippen molar-refractivity contribution in [3.63, 3.8) is 0 Å². The molecule has 0 radical (unpaired) electrons. The molecule has 6 nitrogen and oxygen atoms in total. The second-order valence-electron chi connectivity index (χ2n) is 9.68. The molecule has 0 aliphatic heterocycles. The molecule has 4 fully saturated rings. The Labute approximate surface area is 190 Å². The Morgan fingerprint density at radius 2 is 1.77 bits per heavy atom. The number of halogens is 1. The smallest absolute Gasteiger partial charge is 0.252 e. The number of aliphatic hydroxyl groups excluding tert-OH is 1. The molecule has 5 rings (SSSR count). The highest BCUT2D eigenvalue weighted by Gasteiger charge is 2.50. The standard InChI is InChI=1S/C24H35ClN2O4/c25-22-2-1-20(31-8-7-30-6-4-26-3-5-28)12-21(22)23(29)27-16-24-13-17-9-18(14-24)11-19(10-17)15-24/h1-2,12,17-19,26,28H,3-11,13-16H2,(H,27,29). The van der Waals surface area contributed by atoms with Crippen molar-refractivity contribution in [1.29, 1.82) is 0 Å². The number of hydrogen-bond acceptors (Lipinski definition) is 5. The molecule has 7 heteroatoms. The molecule has 1 aromatic carbocycles. The van der Waals surface area contributed by atoms with Gasteiger partial charge in [-0.25, -0.2) is 0 Å². The first-order valence-electron chi connectivity index (χ1n) is 11.7. The van der Waals surface area contributed by atoms with Crippen LogP contribution in [0.1, 0.15) is 48.9 Å². The first kappa shape index (κ1) is 22.8. The third-order valence-corrected chi connectivity index (χ3v) is 7.51. The van der Waals surface area contributed by atoms with Gasteiger partial charge in [0.2, 0.25) is 0 Å². The second-order valence-corrected chi connectivity index (χ2v) is 10.1. The van der Waals surface area contributed by atoms with Crippen molar-refractivity contribution in [2.45, 2.75) is 38.5 Å². The van der Waals surface area contributed by atoms with Gasteiger partial charge in [0.1, 0.15) is 12.4 Å². The maximum absolute atomic E-state index is 12.9. The van der Waals surface area contributed by atoms with Crippen LogP contribution in [-0.2, 0) is 4.74 Å². The fraction of sp³-hybridized carbons (Fsp3) is 0.708.